The van der Waals surface area contributed by atoms with Crippen molar-refractivity contribution in [1.29, 1.82) is 0 Å². The fraction of sp³-hybridized carbons (Fsp3) is 0.211. The van der Waals surface area contributed by atoms with Crippen LogP contribution in [0.15, 0.2) is 54.9 Å². The lowest BCUT2D eigenvalue weighted by molar-refractivity contribution is 0.554. The zero-order chi connectivity index (χ0) is 15.0. The largest absolute Gasteiger partial charge is 0.322 e. The Morgan fingerprint density at radius 1 is 0.952 bits per heavy atom. The lowest BCUT2D eigenvalue weighted by atomic mass is 9.91. The standard InChI is InChI=1S/C19H20N2/c1-13-17(9-6-15-12-21-11-10-18(13)15)14-4-7-16(8-5-14)19(2,3)20/h4-12H,20H2,1-3H3. The van der Waals surface area contributed by atoms with E-state index in [1.54, 1.807) is 0 Å². The van der Waals surface area contributed by atoms with E-state index in [2.05, 4.69) is 54.4 Å². The second kappa shape index (κ2) is 4.97. The predicted octanol–water partition coefficient (Wildman–Crippen LogP) is 4.40. The summed E-state index contributed by atoms with van der Waals surface area (Å²) in [6.07, 6.45) is 3.76. The molecule has 2 nitrogen and oxygen atoms in total. The smallest absolute Gasteiger partial charge is 0.0352 e. The minimum Gasteiger partial charge on any atom is -0.322 e. The second-order valence-corrected chi connectivity index (χ2v) is 6.13. The molecule has 2 aromatic carbocycles. The number of aromatic nitrogens is 1. The van der Waals surface area contributed by atoms with E-state index in [4.69, 9.17) is 5.73 Å². The summed E-state index contributed by atoms with van der Waals surface area (Å²) in [7, 11) is 0. The van der Waals surface area contributed by atoms with Crippen LogP contribution in [0.5, 0.6) is 0 Å². The molecule has 1 aromatic heterocycles. The fourth-order valence-corrected chi connectivity index (χ4v) is 2.72. The molecule has 0 saturated carbocycles. The molecular formula is C19H20N2. The number of rotatable bonds is 2. The highest BCUT2D eigenvalue weighted by molar-refractivity contribution is 5.90. The average Bonchev–Trinajstić information content (AvgIpc) is 2.47. The monoisotopic (exact) mass is 276 g/mol. The summed E-state index contributed by atoms with van der Waals surface area (Å²) in [5, 5.41) is 2.43. The topological polar surface area (TPSA) is 38.9 Å². The van der Waals surface area contributed by atoms with Crippen molar-refractivity contribution in [3.63, 3.8) is 0 Å². The molecule has 0 aliphatic heterocycles. The number of nitrogens with two attached hydrogens (primary N) is 1. The van der Waals surface area contributed by atoms with Crippen molar-refractivity contribution in [3.8, 4) is 11.1 Å². The minimum absolute atomic E-state index is 0.303. The lowest BCUT2D eigenvalue weighted by Gasteiger charge is -2.19. The van der Waals surface area contributed by atoms with Crippen molar-refractivity contribution in [2.45, 2.75) is 26.3 Å². The molecule has 0 bridgehead atoms. The third kappa shape index (κ3) is 2.55. The van der Waals surface area contributed by atoms with Gasteiger partial charge in [-0.15, -0.1) is 0 Å². The summed E-state index contributed by atoms with van der Waals surface area (Å²) >= 11 is 0. The van der Waals surface area contributed by atoms with Crippen LogP contribution in [0.4, 0.5) is 0 Å². The first-order valence-corrected chi connectivity index (χ1v) is 7.20. The van der Waals surface area contributed by atoms with Gasteiger partial charge in [-0.3, -0.25) is 4.98 Å². The van der Waals surface area contributed by atoms with Crippen LogP contribution in [0.1, 0.15) is 25.0 Å². The Morgan fingerprint density at radius 3 is 2.33 bits per heavy atom. The highest BCUT2D eigenvalue weighted by Gasteiger charge is 2.14. The van der Waals surface area contributed by atoms with E-state index in [-0.39, 0.29) is 5.54 Å². The summed E-state index contributed by atoms with van der Waals surface area (Å²) in [6, 6.07) is 14.9. The van der Waals surface area contributed by atoms with Crippen LogP contribution in [0, 0.1) is 6.92 Å². The van der Waals surface area contributed by atoms with Gasteiger partial charge >= 0.3 is 0 Å². The van der Waals surface area contributed by atoms with Gasteiger partial charge in [0.15, 0.2) is 0 Å². The third-order valence-corrected chi connectivity index (χ3v) is 4.03. The molecular weight excluding hydrogens is 256 g/mol. The van der Waals surface area contributed by atoms with Crippen LogP contribution in [-0.2, 0) is 5.54 Å². The van der Waals surface area contributed by atoms with Crippen molar-refractivity contribution >= 4 is 10.8 Å². The van der Waals surface area contributed by atoms with Gasteiger partial charge in [-0.1, -0.05) is 36.4 Å². The molecule has 0 aliphatic carbocycles. The third-order valence-electron chi connectivity index (χ3n) is 4.03. The van der Waals surface area contributed by atoms with E-state index in [1.165, 1.54) is 27.5 Å². The fourth-order valence-electron chi connectivity index (χ4n) is 2.72. The van der Waals surface area contributed by atoms with Crippen LogP contribution < -0.4 is 5.73 Å². The van der Waals surface area contributed by atoms with Gasteiger partial charge in [0.1, 0.15) is 0 Å². The van der Waals surface area contributed by atoms with E-state index in [9.17, 15) is 0 Å². The molecule has 0 unspecified atom stereocenters. The zero-order valence-corrected chi connectivity index (χ0v) is 12.7. The maximum atomic E-state index is 6.14. The molecule has 2 heteroatoms. The summed E-state index contributed by atoms with van der Waals surface area (Å²) in [5.41, 5.74) is 10.8. The van der Waals surface area contributed by atoms with Gasteiger partial charge in [-0.25, -0.2) is 0 Å². The molecule has 106 valence electrons. The first kappa shape index (κ1) is 13.8. The molecule has 0 aliphatic rings. The number of hydrogen-bond acceptors (Lipinski definition) is 2. The highest BCUT2D eigenvalue weighted by atomic mass is 14.7. The number of fused-ring (bicyclic) bond motifs is 1. The van der Waals surface area contributed by atoms with Crippen molar-refractivity contribution in [2.24, 2.45) is 5.73 Å². The van der Waals surface area contributed by atoms with Crippen LogP contribution >= 0.6 is 0 Å². The maximum Gasteiger partial charge on any atom is 0.0352 e. The first-order chi connectivity index (χ1) is 9.97. The van der Waals surface area contributed by atoms with Gasteiger partial charge in [0, 0.05) is 23.3 Å². The lowest BCUT2D eigenvalue weighted by Crippen LogP contribution is -2.28. The van der Waals surface area contributed by atoms with Crippen LogP contribution in [-0.4, -0.2) is 4.98 Å². The normalized spacial score (nSPS) is 11.8. The molecule has 0 saturated heterocycles. The minimum atomic E-state index is -0.303. The molecule has 0 atom stereocenters. The molecule has 3 aromatic rings. The van der Waals surface area contributed by atoms with E-state index in [0.29, 0.717) is 0 Å². The number of pyridine rings is 1. The maximum absolute atomic E-state index is 6.14. The van der Waals surface area contributed by atoms with Crippen LogP contribution in [0.25, 0.3) is 21.9 Å². The molecule has 0 radical (unpaired) electrons. The Morgan fingerprint density at radius 2 is 1.67 bits per heavy atom. The molecule has 3 rings (SSSR count). The van der Waals surface area contributed by atoms with Crippen molar-refractivity contribution in [3.05, 3.63) is 66.0 Å². The Balaban J connectivity index is 2.10. The van der Waals surface area contributed by atoms with Gasteiger partial charge in [0.05, 0.1) is 0 Å². The molecule has 21 heavy (non-hydrogen) atoms. The van der Waals surface area contributed by atoms with E-state index >= 15 is 0 Å². The Hall–Kier alpha value is -2.19. The van der Waals surface area contributed by atoms with E-state index in [1.807, 2.05) is 26.2 Å². The van der Waals surface area contributed by atoms with Crippen LogP contribution in [0.2, 0.25) is 0 Å². The SMILES string of the molecule is Cc1c(-c2ccc(C(C)(C)N)cc2)ccc2cnccc12. The molecule has 0 amide bonds. The summed E-state index contributed by atoms with van der Waals surface area (Å²) in [6.45, 7) is 6.21. The Labute approximate surface area is 125 Å². The number of hydrogen-bond donors (Lipinski definition) is 1. The molecule has 0 spiro atoms. The van der Waals surface area contributed by atoms with Crippen molar-refractivity contribution < 1.29 is 0 Å². The summed E-state index contributed by atoms with van der Waals surface area (Å²) in [5.74, 6) is 0. The van der Waals surface area contributed by atoms with Gasteiger partial charge < -0.3 is 5.73 Å². The number of nitrogens with zero attached hydrogens (tertiary/aromatic N) is 1. The number of aryl methyl sites for hydroxylation is 1. The predicted molar refractivity (Wildman–Crippen MR) is 89.1 cm³/mol. The van der Waals surface area contributed by atoms with Gasteiger partial charge in [-0.05, 0) is 54.5 Å². The molecule has 2 N–H and O–H groups in total. The summed E-state index contributed by atoms with van der Waals surface area (Å²) < 4.78 is 0. The van der Waals surface area contributed by atoms with Crippen LogP contribution in [0.3, 0.4) is 0 Å². The van der Waals surface area contributed by atoms with Gasteiger partial charge in [0.25, 0.3) is 0 Å². The quantitative estimate of drug-likeness (QED) is 0.753. The Bertz CT molecular complexity index is 781. The zero-order valence-electron chi connectivity index (χ0n) is 12.7. The van der Waals surface area contributed by atoms with Crippen molar-refractivity contribution in [1.82, 2.24) is 4.98 Å². The molecule has 0 fully saturated rings. The average molecular weight is 276 g/mol. The van der Waals surface area contributed by atoms with Gasteiger partial charge in [0.2, 0.25) is 0 Å². The van der Waals surface area contributed by atoms with E-state index in [0.717, 1.165) is 5.56 Å². The number of benzene rings is 2. The van der Waals surface area contributed by atoms with Gasteiger partial charge in [-0.2, -0.15) is 0 Å². The van der Waals surface area contributed by atoms with E-state index < -0.39 is 0 Å². The highest BCUT2D eigenvalue weighted by Crippen LogP contribution is 2.30. The molecule has 1 heterocycles. The first-order valence-electron chi connectivity index (χ1n) is 7.20. The second-order valence-electron chi connectivity index (χ2n) is 6.13. The Kier molecular flexibility index (Phi) is 3.26. The van der Waals surface area contributed by atoms with Crippen molar-refractivity contribution in [2.75, 3.05) is 0 Å². The summed E-state index contributed by atoms with van der Waals surface area (Å²) in [4.78, 5) is 4.18.